The number of aromatic amines is 1. The quantitative estimate of drug-likeness (QED) is 0.729. The Labute approximate surface area is 158 Å². The second kappa shape index (κ2) is 7.01. The van der Waals surface area contributed by atoms with Crippen molar-refractivity contribution in [2.45, 2.75) is 12.7 Å². The van der Waals surface area contributed by atoms with E-state index in [0.717, 1.165) is 42.9 Å². The van der Waals surface area contributed by atoms with Gasteiger partial charge in [0, 0.05) is 56.7 Å². The Hall–Kier alpha value is -2.32. The monoisotopic (exact) mass is 395 g/mol. The topological polar surface area (TPSA) is 48.1 Å². The van der Waals surface area contributed by atoms with Crippen molar-refractivity contribution in [1.82, 2.24) is 19.9 Å². The Morgan fingerprint density at radius 3 is 2.63 bits per heavy atom. The maximum Gasteiger partial charge on any atom is 0.417 e. The molecule has 0 unspecified atom stereocenters. The molecule has 0 atom stereocenters. The fourth-order valence-electron chi connectivity index (χ4n) is 3.32. The van der Waals surface area contributed by atoms with Crippen molar-refractivity contribution in [3.63, 3.8) is 0 Å². The number of halogens is 4. The van der Waals surface area contributed by atoms with Crippen molar-refractivity contribution in [3.05, 3.63) is 52.9 Å². The van der Waals surface area contributed by atoms with Crippen molar-refractivity contribution in [2.75, 3.05) is 31.1 Å². The van der Waals surface area contributed by atoms with Gasteiger partial charge in [0.1, 0.15) is 11.5 Å². The number of alkyl halides is 3. The number of hydrogen-bond donors (Lipinski definition) is 1. The summed E-state index contributed by atoms with van der Waals surface area (Å²) in [5, 5.41) is 1.13. The molecule has 1 N–H and O–H groups in total. The summed E-state index contributed by atoms with van der Waals surface area (Å²) in [5.74, 6) is 0.403. The minimum Gasteiger partial charge on any atom is -0.353 e. The molecule has 1 fully saturated rings. The first kappa shape index (κ1) is 18.1. The lowest BCUT2D eigenvalue weighted by Crippen LogP contribution is -2.46. The lowest BCUT2D eigenvalue weighted by molar-refractivity contribution is -0.137. The van der Waals surface area contributed by atoms with Crippen LogP contribution in [0.4, 0.5) is 19.0 Å². The van der Waals surface area contributed by atoms with Crippen LogP contribution in [0.25, 0.3) is 11.0 Å². The van der Waals surface area contributed by atoms with E-state index in [2.05, 4.69) is 19.9 Å². The van der Waals surface area contributed by atoms with Crippen LogP contribution in [0.3, 0.4) is 0 Å². The molecule has 142 valence electrons. The van der Waals surface area contributed by atoms with E-state index in [0.29, 0.717) is 18.9 Å². The van der Waals surface area contributed by atoms with E-state index in [9.17, 15) is 13.2 Å². The van der Waals surface area contributed by atoms with Crippen molar-refractivity contribution >= 4 is 28.5 Å². The standard InChI is InChI=1S/C18H17ClF3N5/c19-15-8-13(18(20,21)22)10-25-17(15)27-6-4-26(5-7-27)11-12-9-24-16-14(12)2-1-3-23-16/h1-3,8-10H,4-7,11H2,(H,23,24). The molecular weight excluding hydrogens is 379 g/mol. The number of pyridine rings is 2. The Balaban J connectivity index is 1.42. The number of hydrogen-bond acceptors (Lipinski definition) is 4. The third kappa shape index (κ3) is 3.72. The highest BCUT2D eigenvalue weighted by molar-refractivity contribution is 6.33. The Morgan fingerprint density at radius 2 is 1.93 bits per heavy atom. The van der Waals surface area contributed by atoms with Crippen LogP contribution in [-0.4, -0.2) is 46.0 Å². The summed E-state index contributed by atoms with van der Waals surface area (Å²) in [6.45, 7) is 3.63. The second-order valence-corrected chi connectivity index (χ2v) is 6.91. The Bertz CT molecular complexity index is 948. The van der Waals surface area contributed by atoms with Crippen LogP contribution in [0, 0.1) is 0 Å². The van der Waals surface area contributed by atoms with Gasteiger partial charge in [0.05, 0.1) is 10.6 Å². The molecule has 1 aliphatic heterocycles. The SMILES string of the molecule is FC(F)(F)c1cnc(N2CCN(Cc3c[nH]c4ncccc34)CC2)c(Cl)c1. The zero-order valence-corrected chi connectivity index (χ0v) is 15.1. The summed E-state index contributed by atoms with van der Waals surface area (Å²) < 4.78 is 38.3. The number of H-pyrrole nitrogens is 1. The van der Waals surface area contributed by atoms with Gasteiger partial charge in [-0.2, -0.15) is 13.2 Å². The summed E-state index contributed by atoms with van der Waals surface area (Å²) in [6.07, 6.45) is 0.120. The van der Waals surface area contributed by atoms with E-state index in [1.54, 1.807) is 6.20 Å². The van der Waals surface area contributed by atoms with Crippen molar-refractivity contribution in [2.24, 2.45) is 0 Å². The van der Waals surface area contributed by atoms with Crippen LogP contribution in [0.15, 0.2) is 36.8 Å². The Kier molecular flexibility index (Phi) is 4.69. The fourth-order valence-corrected chi connectivity index (χ4v) is 3.61. The van der Waals surface area contributed by atoms with Crippen LogP contribution in [0.5, 0.6) is 0 Å². The highest BCUT2D eigenvalue weighted by Crippen LogP contribution is 2.33. The predicted octanol–water partition coefficient (Wildman–Crippen LogP) is 3.95. The normalized spacial score (nSPS) is 16.2. The summed E-state index contributed by atoms with van der Waals surface area (Å²) in [4.78, 5) is 15.6. The molecule has 0 aromatic carbocycles. The lowest BCUT2D eigenvalue weighted by Gasteiger charge is -2.35. The number of rotatable bonds is 3. The van der Waals surface area contributed by atoms with E-state index in [-0.39, 0.29) is 5.02 Å². The first-order valence-corrected chi connectivity index (χ1v) is 8.90. The lowest BCUT2D eigenvalue weighted by atomic mass is 10.2. The molecule has 0 saturated carbocycles. The number of piperazine rings is 1. The van der Waals surface area contributed by atoms with Gasteiger partial charge >= 0.3 is 6.18 Å². The molecule has 4 heterocycles. The molecule has 3 aromatic rings. The summed E-state index contributed by atoms with van der Waals surface area (Å²) >= 11 is 6.06. The van der Waals surface area contributed by atoms with Crippen molar-refractivity contribution in [3.8, 4) is 0 Å². The minimum atomic E-state index is -4.44. The molecule has 9 heteroatoms. The van der Waals surface area contributed by atoms with E-state index in [1.165, 1.54) is 5.56 Å². The minimum absolute atomic E-state index is 0.0287. The van der Waals surface area contributed by atoms with Gasteiger partial charge in [0.25, 0.3) is 0 Å². The number of fused-ring (bicyclic) bond motifs is 1. The zero-order valence-electron chi connectivity index (χ0n) is 14.3. The highest BCUT2D eigenvalue weighted by atomic mass is 35.5. The molecule has 1 aliphatic rings. The molecule has 0 bridgehead atoms. The van der Waals surface area contributed by atoms with Crippen LogP contribution < -0.4 is 4.90 Å². The van der Waals surface area contributed by atoms with E-state index < -0.39 is 11.7 Å². The van der Waals surface area contributed by atoms with Gasteiger partial charge in [-0.25, -0.2) is 9.97 Å². The smallest absolute Gasteiger partial charge is 0.353 e. The number of anilines is 1. The molecule has 27 heavy (non-hydrogen) atoms. The average molecular weight is 396 g/mol. The van der Waals surface area contributed by atoms with E-state index >= 15 is 0 Å². The van der Waals surface area contributed by atoms with Gasteiger partial charge in [-0.3, -0.25) is 4.90 Å². The van der Waals surface area contributed by atoms with Crippen LogP contribution in [-0.2, 0) is 12.7 Å². The number of nitrogens with one attached hydrogen (secondary N) is 1. The predicted molar refractivity (Wildman–Crippen MR) is 97.8 cm³/mol. The van der Waals surface area contributed by atoms with Crippen LogP contribution >= 0.6 is 11.6 Å². The maximum absolute atomic E-state index is 12.8. The fraction of sp³-hybridized carbons (Fsp3) is 0.333. The third-order valence-electron chi connectivity index (χ3n) is 4.75. The molecule has 1 saturated heterocycles. The second-order valence-electron chi connectivity index (χ2n) is 6.50. The van der Waals surface area contributed by atoms with Gasteiger partial charge in [0.15, 0.2) is 0 Å². The van der Waals surface area contributed by atoms with E-state index in [1.807, 2.05) is 23.2 Å². The third-order valence-corrected chi connectivity index (χ3v) is 5.03. The first-order chi connectivity index (χ1) is 12.9. The van der Waals surface area contributed by atoms with Crippen molar-refractivity contribution < 1.29 is 13.2 Å². The summed E-state index contributed by atoms with van der Waals surface area (Å²) in [6, 6.07) is 4.89. The van der Waals surface area contributed by atoms with Gasteiger partial charge in [-0.15, -0.1) is 0 Å². The van der Waals surface area contributed by atoms with Crippen LogP contribution in [0.1, 0.15) is 11.1 Å². The molecule has 0 aliphatic carbocycles. The first-order valence-electron chi connectivity index (χ1n) is 8.53. The largest absolute Gasteiger partial charge is 0.417 e. The highest BCUT2D eigenvalue weighted by Gasteiger charge is 2.32. The summed E-state index contributed by atoms with van der Waals surface area (Å²) in [5.41, 5.74) is 1.21. The molecule has 3 aromatic heterocycles. The van der Waals surface area contributed by atoms with E-state index in [4.69, 9.17) is 11.6 Å². The molecule has 0 radical (unpaired) electrons. The van der Waals surface area contributed by atoms with Crippen LogP contribution in [0.2, 0.25) is 5.02 Å². The van der Waals surface area contributed by atoms with Crippen molar-refractivity contribution in [1.29, 1.82) is 0 Å². The van der Waals surface area contributed by atoms with Gasteiger partial charge in [-0.1, -0.05) is 11.6 Å². The Morgan fingerprint density at radius 1 is 1.15 bits per heavy atom. The maximum atomic E-state index is 12.8. The van der Waals surface area contributed by atoms with Gasteiger partial charge in [-0.05, 0) is 23.8 Å². The number of nitrogens with zero attached hydrogens (tertiary/aromatic N) is 4. The number of aromatic nitrogens is 3. The average Bonchev–Trinajstić information content (AvgIpc) is 3.05. The van der Waals surface area contributed by atoms with Gasteiger partial charge in [0.2, 0.25) is 0 Å². The molecule has 4 rings (SSSR count). The molecule has 0 spiro atoms. The molecule has 5 nitrogen and oxygen atoms in total. The molecular formula is C18H17ClF3N5. The summed E-state index contributed by atoms with van der Waals surface area (Å²) in [7, 11) is 0. The van der Waals surface area contributed by atoms with Gasteiger partial charge < -0.3 is 9.88 Å². The zero-order chi connectivity index (χ0) is 19.0. The molecule has 0 amide bonds.